The summed E-state index contributed by atoms with van der Waals surface area (Å²) in [6.45, 7) is 12.9. The van der Waals surface area contributed by atoms with Gasteiger partial charge in [0.15, 0.2) is 0 Å². The number of carbonyl (C=O) groups excluding carboxylic acids is 4. The SMILES string of the molecule is C=CCCC(=O)OC[C@H](NC(=O)[C@H]1[C@@H]2O[C@@]3(CC2Br)[C@@H]1C(=O)N([C@@H](CC)CO)[C@@H]3C(=O)N(CC=C)C(C)C)c1ccccc1. The average molecular weight is 675 g/mol. The summed E-state index contributed by atoms with van der Waals surface area (Å²) in [5, 5.41) is 13.3. The van der Waals surface area contributed by atoms with Gasteiger partial charge in [-0.15, -0.1) is 13.2 Å². The molecule has 3 aliphatic heterocycles. The monoisotopic (exact) mass is 673 g/mol. The Morgan fingerprint density at radius 1 is 1.25 bits per heavy atom. The van der Waals surface area contributed by atoms with Crippen molar-refractivity contribution in [1.82, 2.24) is 15.1 Å². The summed E-state index contributed by atoms with van der Waals surface area (Å²) < 4.78 is 12.1. The molecule has 0 aromatic heterocycles. The van der Waals surface area contributed by atoms with Crippen LogP contribution in [0.3, 0.4) is 0 Å². The Bertz CT molecular complexity index is 1240. The molecule has 0 saturated carbocycles. The lowest BCUT2D eigenvalue weighted by Crippen LogP contribution is -2.60. The topological polar surface area (TPSA) is 125 Å². The maximum Gasteiger partial charge on any atom is 0.306 e. The van der Waals surface area contributed by atoms with E-state index >= 15 is 0 Å². The number of nitrogens with zero attached hydrogens (tertiary/aromatic N) is 2. The van der Waals surface area contributed by atoms with E-state index in [-0.39, 0.29) is 48.9 Å². The van der Waals surface area contributed by atoms with Crippen molar-refractivity contribution in [2.45, 2.75) is 87.2 Å². The number of rotatable bonds is 15. The summed E-state index contributed by atoms with van der Waals surface area (Å²) in [6.07, 6.45) is 4.05. The molecule has 4 rings (SSSR count). The molecule has 3 saturated heterocycles. The Kier molecular flexibility index (Phi) is 11.1. The zero-order chi connectivity index (χ0) is 32.2. The van der Waals surface area contributed by atoms with Crippen LogP contribution in [0.2, 0.25) is 0 Å². The maximum absolute atomic E-state index is 14.4. The molecule has 1 unspecified atom stereocenters. The highest BCUT2D eigenvalue weighted by atomic mass is 79.9. The number of halogens is 1. The molecule has 3 fully saturated rings. The van der Waals surface area contributed by atoms with Crippen LogP contribution in [0.25, 0.3) is 0 Å². The highest BCUT2D eigenvalue weighted by molar-refractivity contribution is 9.09. The fraction of sp³-hybridized carbons (Fsp3) is 0.576. The van der Waals surface area contributed by atoms with Gasteiger partial charge in [0.05, 0.1) is 36.6 Å². The zero-order valence-corrected chi connectivity index (χ0v) is 27.3. The fourth-order valence-corrected chi connectivity index (χ4v) is 7.89. The first-order chi connectivity index (χ1) is 21.1. The Morgan fingerprint density at radius 2 is 1.95 bits per heavy atom. The number of carbonyl (C=O) groups is 4. The summed E-state index contributed by atoms with van der Waals surface area (Å²) in [4.78, 5) is 58.0. The first kappa shape index (κ1) is 33.9. The molecule has 3 heterocycles. The molecule has 44 heavy (non-hydrogen) atoms. The van der Waals surface area contributed by atoms with E-state index < -0.39 is 53.5 Å². The molecule has 8 atom stereocenters. The van der Waals surface area contributed by atoms with E-state index in [4.69, 9.17) is 9.47 Å². The van der Waals surface area contributed by atoms with Gasteiger partial charge < -0.3 is 29.7 Å². The van der Waals surface area contributed by atoms with Crippen LogP contribution < -0.4 is 5.32 Å². The highest BCUT2D eigenvalue weighted by Gasteiger charge is 2.77. The third-order valence-corrected chi connectivity index (χ3v) is 9.90. The maximum atomic E-state index is 14.4. The third kappa shape index (κ3) is 6.23. The first-order valence-electron chi connectivity index (χ1n) is 15.3. The summed E-state index contributed by atoms with van der Waals surface area (Å²) in [5.41, 5.74) is -0.520. The molecule has 1 aromatic rings. The lowest BCUT2D eigenvalue weighted by molar-refractivity contribution is -0.152. The predicted molar refractivity (Wildman–Crippen MR) is 168 cm³/mol. The second-order valence-electron chi connectivity index (χ2n) is 12.0. The van der Waals surface area contributed by atoms with E-state index in [1.54, 1.807) is 17.1 Å². The van der Waals surface area contributed by atoms with Gasteiger partial charge in [-0.05, 0) is 38.7 Å². The molecule has 10 nitrogen and oxygen atoms in total. The third-order valence-electron chi connectivity index (χ3n) is 9.05. The normalized spacial score (nSPS) is 28.4. The molecule has 3 aliphatic rings. The van der Waals surface area contributed by atoms with Crippen LogP contribution in [-0.2, 0) is 28.7 Å². The number of alkyl halides is 1. The van der Waals surface area contributed by atoms with Crippen molar-refractivity contribution in [2.75, 3.05) is 19.8 Å². The molecular weight excluding hydrogens is 630 g/mol. The van der Waals surface area contributed by atoms with Gasteiger partial charge in [0, 0.05) is 23.8 Å². The summed E-state index contributed by atoms with van der Waals surface area (Å²) in [6, 6.07) is 6.68. The highest BCUT2D eigenvalue weighted by Crippen LogP contribution is 2.60. The van der Waals surface area contributed by atoms with E-state index in [1.807, 2.05) is 51.1 Å². The van der Waals surface area contributed by atoms with Gasteiger partial charge in [0.25, 0.3) is 0 Å². The fourth-order valence-electron chi connectivity index (χ4n) is 6.95. The molecule has 2 N–H and O–H groups in total. The number of likely N-dealkylation sites (tertiary alicyclic amines) is 1. The Balaban J connectivity index is 1.69. The Hall–Kier alpha value is -3.02. The smallest absolute Gasteiger partial charge is 0.306 e. The molecule has 1 spiro atoms. The molecule has 0 radical (unpaired) electrons. The number of aliphatic hydroxyl groups excluding tert-OH is 1. The van der Waals surface area contributed by atoms with Crippen LogP contribution >= 0.6 is 15.9 Å². The largest absolute Gasteiger partial charge is 0.463 e. The number of allylic oxidation sites excluding steroid dienone is 1. The van der Waals surface area contributed by atoms with Crippen LogP contribution in [0.1, 0.15) is 58.1 Å². The first-order valence-corrected chi connectivity index (χ1v) is 16.3. The van der Waals surface area contributed by atoms with Gasteiger partial charge in [-0.1, -0.05) is 65.3 Å². The van der Waals surface area contributed by atoms with Crippen molar-refractivity contribution in [3.63, 3.8) is 0 Å². The minimum absolute atomic E-state index is 0.0912. The van der Waals surface area contributed by atoms with Gasteiger partial charge in [-0.25, -0.2) is 0 Å². The van der Waals surface area contributed by atoms with Crippen molar-refractivity contribution in [2.24, 2.45) is 11.8 Å². The lowest BCUT2D eigenvalue weighted by atomic mass is 9.70. The van der Waals surface area contributed by atoms with E-state index in [0.717, 1.165) is 5.56 Å². The van der Waals surface area contributed by atoms with Crippen LogP contribution in [0, 0.1) is 11.8 Å². The van der Waals surface area contributed by atoms with Gasteiger partial charge in [0.2, 0.25) is 17.7 Å². The molecule has 240 valence electrons. The van der Waals surface area contributed by atoms with E-state index in [0.29, 0.717) is 19.3 Å². The Labute approximate surface area is 267 Å². The van der Waals surface area contributed by atoms with Crippen LogP contribution in [0.15, 0.2) is 55.6 Å². The zero-order valence-electron chi connectivity index (χ0n) is 25.7. The minimum Gasteiger partial charge on any atom is -0.463 e. The summed E-state index contributed by atoms with van der Waals surface area (Å²) in [5.74, 6) is -3.34. The van der Waals surface area contributed by atoms with Gasteiger partial charge >= 0.3 is 5.97 Å². The Morgan fingerprint density at radius 3 is 2.55 bits per heavy atom. The second kappa shape index (κ2) is 14.4. The van der Waals surface area contributed by atoms with Crippen molar-refractivity contribution in [3.05, 3.63) is 61.2 Å². The number of esters is 1. The number of benzene rings is 1. The van der Waals surface area contributed by atoms with Crippen molar-refractivity contribution in [1.29, 1.82) is 0 Å². The number of aliphatic hydroxyl groups is 1. The average Bonchev–Trinajstić information content (AvgIpc) is 3.61. The quantitative estimate of drug-likeness (QED) is 0.166. The van der Waals surface area contributed by atoms with Crippen molar-refractivity contribution >= 4 is 39.6 Å². The summed E-state index contributed by atoms with van der Waals surface area (Å²) in [7, 11) is 0. The molecule has 11 heteroatoms. The number of amides is 3. The molecular formula is C33H44BrN3O7. The number of fused-ring (bicyclic) bond motifs is 1. The number of hydrogen-bond donors (Lipinski definition) is 2. The van der Waals surface area contributed by atoms with E-state index in [1.165, 1.54) is 4.90 Å². The molecule has 1 aromatic carbocycles. The number of nitrogens with one attached hydrogen (secondary N) is 1. The van der Waals surface area contributed by atoms with Crippen LogP contribution in [0.5, 0.6) is 0 Å². The molecule has 2 bridgehead atoms. The minimum atomic E-state index is -1.26. The molecule has 0 aliphatic carbocycles. The van der Waals surface area contributed by atoms with Gasteiger partial charge in [-0.3, -0.25) is 19.2 Å². The molecule has 3 amide bonds. The number of ether oxygens (including phenoxy) is 2. The van der Waals surface area contributed by atoms with Gasteiger partial charge in [0.1, 0.15) is 18.2 Å². The van der Waals surface area contributed by atoms with E-state index in [2.05, 4.69) is 34.4 Å². The standard InChI is InChI=1S/C33H44BrN3O7/c1-6-9-15-25(39)43-19-24(21-13-11-10-12-14-21)35-30(40)26-27-31(41)37(22(8-3)18-38)29(32(42)36(16-7-2)20(4)5)33(27)17-23(34)28(26)44-33/h6-7,10-14,20,22-24,26-29,38H,1-2,8-9,15-19H2,3-5H3,(H,35,40)/t22-,23?,24-,26+,27-,28+,29+,33-/m0/s1. The van der Waals surface area contributed by atoms with Crippen LogP contribution in [-0.4, -0.2) is 93.0 Å². The lowest BCUT2D eigenvalue weighted by Gasteiger charge is -2.40. The predicted octanol–water partition coefficient (Wildman–Crippen LogP) is 3.30. The number of hydrogen-bond acceptors (Lipinski definition) is 7. The van der Waals surface area contributed by atoms with Crippen molar-refractivity contribution in [3.8, 4) is 0 Å². The van der Waals surface area contributed by atoms with Crippen molar-refractivity contribution < 1.29 is 33.8 Å². The van der Waals surface area contributed by atoms with E-state index in [9.17, 15) is 24.3 Å². The van der Waals surface area contributed by atoms with Gasteiger partial charge in [-0.2, -0.15) is 0 Å². The summed E-state index contributed by atoms with van der Waals surface area (Å²) >= 11 is 3.70. The second-order valence-corrected chi connectivity index (χ2v) is 13.2. The van der Waals surface area contributed by atoms with Crippen LogP contribution in [0.4, 0.5) is 0 Å².